The van der Waals surface area contributed by atoms with Gasteiger partial charge in [-0.25, -0.2) is 0 Å². The first-order chi connectivity index (χ1) is 9.09. The molecule has 0 saturated carbocycles. The molecule has 1 aliphatic rings. The second-order valence-electron chi connectivity index (χ2n) is 6.66. The molecule has 0 radical (unpaired) electrons. The molecular formula is C17H24O3. The molecule has 2 rings (SSSR count). The topological polar surface area (TPSA) is 46.5 Å². The fraction of sp³-hybridized carbons (Fsp3) is 0.588. The molecule has 3 heteroatoms. The van der Waals surface area contributed by atoms with E-state index in [9.17, 15) is 9.90 Å². The smallest absolute Gasteiger partial charge is 0.147 e. The number of ketones is 1. The molecule has 0 aliphatic carbocycles. The summed E-state index contributed by atoms with van der Waals surface area (Å²) in [6.45, 7) is 13.4. The summed E-state index contributed by atoms with van der Waals surface area (Å²) >= 11 is 0. The maximum atomic E-state index is 12.6. The van der Waals surface area contributed by atoms with Crippen LogP contribution in [-0.4, -0.2) is 16.5 Å². The summed E-state index contributed by atoms with van der Waals surface area (Å²) in [5.41, 5.74) is 2.83. The van der Waals surface area contributed by atoms with Gasteiger partial charge in [0.25, 0.3) is 0 Å². The number of benzene rings is 1. The number of hydrogen-bond acceptors (Lipinski definition) is 3. The van der Waals surface area contributed by atoms with Crippen LogP contribution in [0.5, 0.6) is 11.5 Å². The average Bonchev–Trinajstić information content (AvgIpc) is 2.64. The zero-order valence-electron chi connectivity index (χ0n) is 13.4. The third kappa shape index (κ3) is 1.91. The van der Waals surface area contributed by atoms with Gasteiger partial charge in [-0.1, -0.05) is 13.8 Å². The second kappa shape index (κ2) is 4.51. The monoisotopic (exact) mass is 276 g/mol. The van der Waals surface area contributed by atoms with Crippen molar-refractivity contribution in [1.29, 1.82) is 0 Å². The Balaban J connectivity index is 2.75. The molecule has 0 amide bonds. The third-order valence-electron chi connectivity index (χ3n) is 4.46. The normalized spacial score (nSPS) is 19.9. The number of Topliss-reactive ketones (excluding diaryl/α,β-unsaturated/α-hetero) is 1. The van der Waals surface area contributed by atoms with E-state index in [-0.39, 0.29) is 23.4 Å². The molecule has 1 heterocycles. The van der Waals surface area contributed by atoms with E-state index in [0.717, 1.165) is 28.0 Å². The summed E-state index contributed by atoms with van der Waals surface area (Å²) in [6.07, 6.45) is 0. The van der Waals surface area contributed by atoms with Gasteiger partial charge in [-0.2, -0.15) is 0 Å². The Labute approximate surface area is 121 Å². The number of hydrogen-bond donors (Lipinski definition) is 1. The molecule has 1 atom stereocenters. The fourth-order valence-electron chi connectivity index (χ4n) is 3.10. The molecule has 1 N–H and O–H groups in total. The SMILES string of the molecule is Cc1c(C)c2c(c(C)c1O)[C@@H](C(=O)C(C)C)C(C)(C)O2. The highest BCUT2D eigenvalue weighted by Gasteiger charge is 2.48. The molecule has 110 valence electrons. The Hall–Kier alpha value is -1.51. The molecule has 0 spiro atoms. The minimum Gasteiger partial charge on any atom is -0.507 e. The van der Waals surface area contributed by atoms with E-state index >= 15 is 0 Å². The van der Waals surface area contributed by atoms with E-state index in [0.29, 0.717) is 0 Å². The van der Waals surface area contributed by atoms with E-state index in [1.165, 1.54) is 0 Å². The van der Waals surface area contributed by atoms with Crippen LogP contribution in [0.1, 0.15) is 55.9 Å². The van der Waals surface area contributed by atoms with Crippen LogP contribution in [-0.2, 0) is 4.79 Å². The molecule has 0 bridgehead atoms. The number of phenols is 1. The Bertz CT molecular complexity index is 583. The lowest BCUT2D eigenvalue weighted by molar-refractivity contribution is -0.126. The number of rotatable bonds is 2. The summed E-state index contributed by atoms with van der Waals surface area (Å²) < 4.78 is 6.09. The minimum atomic E-state index is -0.570. The van der Waals surface area contributed by atoms with Crippen LogP contribution in [0.4, 0.5) is 0 Å². The average molecular weight is 276 g/mol. The van der Waals surface area contributed by atoms with Crippen LogP contribution < -0.4 is 4.74 Å². The quantitative estimate of drug-likeness (QED) is 0.893. The van der Waals surface area contributed by atoms with Gasteiger partial charge in [0, 0.05) is 11.5 Å². The van der Waals surface area contributed by atoms with E-state index in [1.807, 2.05) is 48.5 Å². The van der Waals surface area contributed by atoms with Gasteiger partial charge in [0.05, 0.1) is 5.92 Å². The lowest BCUT2D eigenvalue weighted by Gasteiger charge is -2.27. The highest BCUT2D eigenvalue weighted by Crippen LogP contribution is 2.52. The van der Waals surface area contributed by atoms with Crippen molar-refractivity contribution in [1.82, 2.24) is 0 Å². The Morgan fingerprint density at radius 2 is 1.70 bits per heavy atom. The third-order valence-corrected chi connectivity index (χ3v) is 4.46. The summed E-state index contributed by atoms with van der Waals surface area (Å²) in [4.78, 5) is 12.6. The first-order valence-electron chi connectivity index (χ1n) is 7.15. The van der Waals surface area contributed by atoms with Gasteiger partial charge >= 0.3 is 0 Å². The molecule has 0 fully saturated rings. The number of phenolic OH excluding ortho intramolecular Hbond substituents is 1. The molecule has 1 aromatic rings. The summed E-state index contributed by atoms with van der Waals surface area (Å²) in [5.74, 6) is 0.852. The van der Waals surface area contributed by atoms with Gasteiger partial charge in [0.1, 0.15) is 22.9 Å². The van der Waals surface area contributed by atoms with Crippen molar-refractivity contribution in [2.75, 3.05) is 0 Å². The standard InChI is InChI=1S/C17H24O3/c1-8(2)14(18)13-12-11(5)15(19)9(3)10(4)16(12)20-17(13,6)7/h8,13,19H,1-7H3/t13-/m0/s1. The van der Waals surface area contributed by atoms with E-state index in [4.69, 9.17) is 4.74 Å². The van der Waals surface area contributed by atoms with Crippen LogP contribution >= 0.6 is 0 Å². The number of fused-ring (bicyclic) bond motifs is 1. The van der Waals surface area contributed by atoms with Gasteiger partial charge in [0.2, 0.25) is 0 Å². The van der Waals surface area contributed by atoms with Gasteiger partial charge in [-0.3, -0.25) is 4.79 Å². The highest BCUT2D eigenvalue weighted by molar-refractivity contribution is 5.91. The highest BCUT2D eigenvalue weighted by atomic mass is 16.5. The van der Waals surface area contributed by atoms with Crippen molar-refractivity contribution < 1.29 is 14.6 Å². The zero-order valence-corrected chi connectivity index (χ0v) is 13.4. The van der Waals surface area contributed by atoms with Crippen LogP contribution in [0.15, 0.2) is 0 Å². The first kappa shape index (κ1) is 14.9. The predicted molar refractivity (Wildman–Crippen MR) is 79.6 cm³/mol. The van der Waals surface area contributed by atoms with Gasteiger partial charge in [-0.15, -0.1) is 0 Å². The van der Waals surface area contributed by atoms with E-state index in [1.54, 1.807) is 0 Å². The summed E-state index contributed by atoms with van der Waals surface area (Å²) in [5, 5.41) is 10.3. The lowest BCUT2D eigenvalue weighted by Crippen LogP contribution is -2.37. The minimum absolute atomic E-state index is 0.0584. The molecule has 0 aromatic heterocycles. The van der Waals surface area contributed by atoms with Crippen molar-refractivity contribution in [2.45, 2.75) is 60.0 Å². The summed E-state index contributed by atoms with van der Waals surface area (Å²) in [6, 6.07) is 0. The molecule has 20 heavy (non-hydrogen) atoms. The van der Waals surface area contributed by atoms with Crippen molar-refractivity contribution in [3.05, 3.63) is 22.3 Å². The maximum absolute atomic E-state index is 12.6. The summed E-state index contributed by atoms with van der Waals surface area (Å²) in [7, 11) is 0. The van der Waals surface area contributed by atoms with Crippen molar-refractivity contribution in [2.24, 2.45) is 5.92 Å². The number of aromatic hydroxyl groups is 1. The molecular weight excluding hydrogens is 252 g/mol. The van der Waals surface area contributed by atoms with Crippen LogP contribution in [0, 0.1) is 26.7 Å². The largest absolute Gasteiger partial charge is 0.507 e. The van der Waals surface area contributed by atoms with Crippen molar-refractivity contribution in [3.8, 4) is 11.5 Å². The van der Waals surface area contributed by atoms with E-state index in [2.05, 4.69) is 0 Å². The Morgan fingerprint density at radius 3 is 2.20 bits per heavy atom. The first-order valence-corrected chi connectivity index (χ1v) is 7.15. The fourth-order valence-corrected chi connectivity index (χ4v) is 3.10. The number of carbonyl (C=O) groups excluding carboxylic acids is 1. The van der Waals surface area contributed by atoms with Crippen LogP contribution in [0.3, 0.4) is 0 Å². The molecule has 0 saturated heterocycles. The van der Waals surface area contributed by atoms with Gasteiger partial charge in [-0.05, 0) is 51.3 Å². The molecule has 0 unspecified atom stereocenters. The zero-order chi connectivity index (χ0) is 15.4. The predicted octanol–water partition coefficient (Wildman–Crippen LogP) is 3.80. The second-order valence-corrected chi connectivity index (χ2v) is 6.66. The van der Waals surface area contributed by atoms with Gasteiger partial charge in [0.15, 0.2) is 0 Å². The van der Waals surface area contributed by atoms with Crippen molar-refractivity contribution in [3.63, 3.8) is 0 Å². The number of ether oxygens (including phenoxy) is 1. The Kier molecular flexibility index (Phi) is 3.35. The molecule has 1 aromatic carbocycles. The van der Waals surface area contributed by atoms with Crippen LogP contribution in [0.25, 0.3) is 0 Å². The van der Waals surface area contributed by atoms with E-state index < -0.39 is 5.60 Å². The number of carbonyl (C=O) groups is 1. The molecule has 1 aliphatic heterocycles. The maximum Gasteiger partial charge on any atom is 0.147 e. The van der Waals surface area contributed by atoms with Crippen molar-refractivity contribution >= 4 is 5.78 Å². The molecule has 3 nitrogen and oxygen atoms in total. The lowest BCUT2D eigenvalue weighted by atomic mass is 9.77. The van der Waals surface area contributed by atoms with Crippen LogP contribution in [0.2, 0.25) is 0 Å². The van der Waals surface area contributed by atoms with Gasteiger partial charge < -0.3 is 9.84 Å². The Morgan fingerprint density at radius 1 is 1.15 bits per heavy atom.